The topological polar surface area (TPSA) is 19.7 Å². The van der Waals surface area contributed by atoms with Gasteiger partial charge < -0.3 is 18.3 Å². The van der Waals surface area contributed by atoms with Crippen LogP contribution in [-0.2, 0) is 0 Å². The van der Waals surface area contributed by atoms with Crippen LogP contribution in [0, 0.1) is 0 Å². The van der Waals surface area contributed by atoms with Gasteiger partial charge in [0.15, 0.2) is 0 Å². The van der Waals surface area contributed by atoms with E-state index in [-0.39, 0.29) is 0 Å². The highest BCUT2D eigenvalue weighted by Crippen LogP contribution is 2.35. The maximum atomic E-state index is 2.37. The summed E-state index contributed by atoms with van der Waals surface area (Å²) in [6.07, 6.45) is 4.38. The summed E-state index contributed by atoms with van der Waals surface area (Å²) in [5, 5.41) is 7.60. The van der Waals surface area contributed by atoms with E-state index in [4.69, 9.17) is 0 Å². The highest BCUT2D eigenvalue weighted by molar-refractivity contribution is 6.10. The Morgan fingerprint density at radius 1 is 0.220 bits per heavy atom. The second-order valence-electron chi connectivity index (χ2n) is 13.1. The van der Waals surface area contributed by atoms with Crippen molar-refractivity contribution in [1.29, 1.82) is 0 Å². The molecule has 0 saturated carbocycles. The summed E-state index contributed by atoms with van der Waals surface area (Å²) in [7, 11) is 0. The summed E-state index contributed by atoms with van der Waals surface area (Å²) >= 11 is 0. The number of rotatable bonds is 4. The molecule has 4 heteroatoms. The van der Waals surface area contributed by atoms with E-state index < -0.39 is 0 Å². The van der Waals surface area contributed by atoms with Crippen LogP contribution in [0.15, 0.2) is 182 Å². The average molecular weight is 639 g/mol. The predicted octanol–water partition coefficient (Wildman–Crippen LogP) is 11.8. The van der Waals surface area contributed by atoms with Gasteiger partial charge in [0.25, 0.3) is 0 Å². The molecule has 0 aliphatic heterocycles. The molecule has 0 radical (unpaired) electrons. The van der Waals surface area contributed by atoms with E-state index in [1.165, 1.54) is 65.4 Å². The van der Waals surface area contributed by atoms with Gasteiger partial charge in [0, 0.05) is 67.5 Å². The predicted molar refractivity (Wildman–Crippen MR) is 209 cm³/mol. The Labute approximate surface area is 287 Å². The average Bonchev–Trinajstić information content (AvgIpc) is 3.96. The molecule has 0 amide bonds. The van der Waals surface area contributed by atoms with Crippen molar-refractivity contribution in [3.63, 3.8) is 0 Å². The van der Waals surface area contributed by atoms with Crippen molar-refractivity contribution in [2.45, 2.75) is 0 Å². The first-order valence-corrected chi connectivity index (χ1v) is 17.1. The molecule has 4 nitrogen and oxygen atoms in total. The smallest absolute Gasteiger partial charge is 0.0541 e. The normalized spacial score (nSPS) is 12.0. The third-order valence-corrected chi connectivity index (χ3v) is 10.5. The zero-order valence-corrected chi connectivity index (χ0v) is 27.1. The number of fused-ring (bicyclic) bond motifs is 9. The van der Waals surface area contributed by atoms with Crippen LogP contribution in [0.5, 0.6) is 0 Å². The minimum atomic E-state index is 1.14. The van der Waals surface area contributed by atoms with E-state index in [2.05, 4.69) is 201 Å². The number of nitrogens with zero attached hydrogens (tertiary/aromatic N) is 4. The van der Waals surface area contributed by atoms with Crippen LogP contribution in [0.4, 0.5) is 0 Å². The van der Waals surface area contributed by atoms with Gasteiger partial charge >= 0.3 is 0 Å². The zero-order chi connectivity index (χ0) is 32.8. The van der Waals surface area contributed by atoms with Crippen LogP contribution in [0.2, 0.25) is 0 Å². The lowest BCUT2D eigenvalue weighted by molar-refractivity contribution is 1.11. The molecule has 0 spiro atoms. The van der Waals surface area contributed by atoms with Gasteiger partial charge in [-0.1, -0.05) is 72.8 Å². The number of hydrogen-bond acceptors (Lipinski definition) is 0. The molecule has 0 aliphatic carbocycles. The van der Waals surface area contributed by atoms with Gasteiger partial charge in [-0.3, -0.25) is 0 Å². The van der Waals surface area contributed by atoms with E-state index >= 15 is 0 Å². The minimum Gasteiger partial charge on any atom is -0.317 e. The molecule has 7 aromatic carbocycles. The van der Waals surface area contributed by atoms with Gasteiger partial charge in [0.1, 0.15) is 0 Å². The molecule has 0 atom stereocenters. The highest BCUT2D eigenvalue weighted by atomic mass is 15.0. The largest absolute Gasteiger partial charge is 0.317 e. The molecule has 11 aromatic rings. The fraction of sp³-hybridized carbons (Fsp3) is 0. The number of aromatic nitrogens is 4. The summed E-state index contributed by atoms with van der Waals surface area (Å²) in [6.45, 7) is 0. The standard InChI is InChI=1S/C46H30N4/c1-5-13-43-35(9-1)36-10-2-6-14-44(36)49(43)33-21-17-31(18-22-33)47-29-27-39-40-28-30-48(42(40)26-25-41(39)47)32-19-23-34(24-20-32)50-45-15-7-3-11-37(45)38-12-4-8-16-46(38)50/h1-30H. The Balaban J connectivity index is 0.956. The molecule has 0 N–H and O–H groups in total. The lowest BCUT2D eigenvalue weighted by atomic mass is 10.1. The van der Waals surface area contributed by atoms with Crippen molar-refractivity contribution in [2.75, 3.05) is 0 Å². The first kappa shape index (κ1) is 27.2. The van der Waals surface area contributed by atoms with E-state index in [0.29, 0.717) is 0 Å². The Kier molecular flexibility index (Phi) is 5.63. The third-order valence-electron chi connectivity index (χ3n) is 10.5. The second-order valence-corrected chi connectivity index (χ2v) is 13.1. The molecule has 234 valence electrons. The molecule has 0 unspecified atom stereocenters. The van der Waals surface area contributed by atoms with Crippen molar-refractivity contribution < 1.29 is 0 Å². The van der Waals surface area contributed by atoms with Gasteiger partial charge in [0.2, 0.25) is 0 Å². The molecule has 4 aromatic heterocycles. The fourth-order valence-electron chi connectivity index (χ4n) is 8.22. The maximum absolute atomic E-state index is 2.37. The van der Waals surface area contributed by atoms with Crippen LogP contribution in [0.3, 0.4) is 0 Å². The maximum Gasteiger partial charge on any atom is 0.0541 e. The van der Waals surface area contributed by atoms with Crippen molar-refractivity contribution in [2.24, 2.45) is 0 Å². The highest BCUT2D eigenvalue weighted by Gasteiger charge is 2.15. The number of benzene rings is 7. The van der Waals surface area contributed by atoms with Gasteiger partial charge in [0.05, 0.1) is 33.1 Å². The summed E-state index contributed by atoms with van der Waals surface area (Å²) in [5.74, 6) is 0. The van der Waals surface area contributed by atoms with Gasteiger partial charge in [-0.25, -0.2) is 0 Å². The summed E-state index contributed by atoms with van der Waals surface area (Å²) in [4.78, 5) is 0. The van der Waals surface area contributed by atoms with E-state index in [1.807, 2.05) is 0 Å². The molecule has 11 rings (SSSR count). The molecule has 4 heterocycles. The van der Waals surface area contributed by atoms with E-state index in [1.54, 1.807) is 0 Å². The monoisotopic (exact) mass is 638 g/mol. The Morgan fingerprint density at radius 2 is 0.500 bits per heavy atom. The van der Waals surface area contributed by atoms with Crippen LogP contribution in [-0.4, -0.2) is 18.3 Å². The Hall–Kier alpha value is -6.78. The summed E-state index contributed by atoms with van der Waals surface area (Å²) in [5.41, 5.74) is 11.9. The van der Waals surface area contributed by atoms with Gasteiger partial charge in [-0.2, -0.15) is 0 Å². The van der Waals surface area contributed by atoms with Crippen LogP contribution in [0.1, 0.15) is 0 Å². The lowest BCUT2D eigenvalue weighted by Crippen LogP contribution is -1.97. The molecule has 0 bridgehead atoms. The fourth-order valence-corrected chi connectivity index (χ4v) is 8.22. The molecular weight excluding hydrogens is 609 g/mol. The zero-order valence-electron chi connectivity index (χ0n) is 27.1. The molecule has 0 aliphatic rings. The SMILES string of the molecule is c1ccc2c(c1)c1ccccc1n2-c1ccc(-n2ccc3c4ccn(-c5ccc(-n6c7ccccc7c7ccccc76)cc5)c4ccc32)cc1. The second kappa shape index (κ2) is 10.4. The quantitative estimate of drug-likeness (QED) is 0.183. The molecular formula is C46H30N4. The first-order valence-electron chi connectivity index (χ1n) is 17.1. The molecule has 50 heavy (non-hydrogen) atoms. The van der Waals surface area contributed by atoms with Crippen LogP contribution >= 0.6 is 0 Å². The van der Waals surface area contributed by atoms with Crippen molar-refractivity contribution in [3.05, 3.63) is 182 Å². The molecule has 0 saturated heterocycles. The van der Waals surface area contributed by atoms with E-state index in [0.717, 1.165) is 22.7 Å². The summed E-state index contributed by atoms with van der Waals surface area (Å²) in [6, 6.07) is 61.5. The van der Waals surface area contributed by atoms with Gasteiger partial charge in [-0.05, 0) is 97.1 Å². The van der Waals surface area contributed by atoms with E-state index in [9.17, 15) is 0 Å². The first-order chi connectivity index (χ1) is 24.8. The van der Waals surface area contributed by atoms with Crippen molar-refractivity contribution in [1.82, 2.24) is 18.3 Å². The van der Waals surface area contributed by atoms with Crippen LogP contribution < -0.4 is 0 Å². The number of hydrogen-bond donors (Lipinski definition) is 0. The third kappa shape index (κ3) is 3.81. The Bertz CT molecular complexity index is 2760. The van der Waals surface area contributed by atoms with Crippen molar-refractivity contribution >= 4 is 65.4 Å². The Morgan fingerprint density at radius 3 is 0.840 bits per heavy atom. The van der Waals surface area contributed by atoms with Crippen molar-refractivity contribution in [3.8, 4) is 22.7 Å². The summed E-state index contributed by atoms with van der Waals surface area (Å²) < 4.78 is 9.32. The van der Waals surface area contributed by atoms with Crippen LogP contribution in [0.25, 0.3) is 88.2 Å². The number of para-hydroxylation sites is 4. The van der Waals surface area contributed by atoms with Gasteiger partial charge in [-0.15, -0.1) is 0 Å². The lowest BCUT2D eigenvalue weighted by Gasteiger charge is -2.12. The minimum absolute atomic E-state index is 1.14. The molecule has 0 fully saturated rings.